The fourth-order valence-corrected chi connectivity index (χ4v) is 5.03. The van der Waals surface area contributed by atoms with Crippen LogP contribution in [0.25, 0.3) is 0 Å². The van der Waals surface area contributed by atoms with Gasteiger partial charge in [-0.25, -0.2) is 8.42 Å². The van der Waals surface area contributed by atoms with E-state index < -0.39 is 10.0 Å². The maximum Gasteiger partial charge on any atom is 0.214 e. The maximum absolute atomic E-state index is 12.9. The van der Waals surface area contributed by atoms with Gasteiger partial charge in [0.1, 0.15) is 0 Å². The van der Waals surface area contributed by atoms with Crippen molar-refractivity contribution in [3.05, 3.63) is 0 Å². The van der Waals surface area contributed by atoms with Gasteiger partial charge in [-0.05, 0) is 52.9 Å². The number of likely N-dealkylation sites (tertiary alicyclic amines) is 1. The third-order valence-electron chi connectivity index (χ3n) is 4.61. The van der Waals surface area contributed by atoms with Crippen LogP contribution in [0.1, 0.15) is 33.6 Å². The minimum atomic E-state index is -3.27. The average Bonchev–Trinajstić information content (AvgIpc) is 2.95. The van der Waals surface area contributed by atoms with E-state index in [1.807, 2.05) is 32.8 Å². The van der Waals surface area contributed by atoms with Gasteiger partial charge in [0.25, 0.3) is 0 Å². The molecule has 0 spiro atoms. The van der Waals surface area contributed by atoms with E-state index in [1.165, 1.54) is 6.42 Å². The lowest BCUT2D eigenvalue weighted by Gasteiger charge is -2.31. The molecule has 7 heteroatoms. The molecule has 0 radical (unpaired) electrons. The van der Waals surface area contributed by atoms with E-state index in [0.29, 0.717) is 32.3 Å². The Balaban J connectivity index is 2.75. The first-order valence-corrected chi connectivity index (χ1v) is 10.8. The second kappa shape index (κ2) is 10.7. The van der Waals surface area contributed by atoms with Gasteiger partial charge in [-0.15, -0.1) is 0 Å². The second-order valence-corrected chi connectivity index (χ2v) is 9.14. The summed E-state index contributed by atoms with van der Waals surface area (Å²) in [4.78, 5) is 4.44. The minimum Gasteiger partial charge on any atom is -0.381 e. The Morgan fingerprint density at radius 3 is 2.54 bits per heavy atom. The molecule has 0 aromatic rings. The highest BCUT2D eigenvalue weighted by Crippen LogP contribution is 2.20. The summed E-state index contributed by atoms with van der Waals surface area (Å²) in [6.45, 7) is 11.2. The molecule has 0 aliphatic carbocycles. The SMILES string of the molecule is CCOC[C@@H](C)CS(=O)(=O)N(CCN(C)C)C[C@H]1CCCN1CC. The molecule has 1 heterocycles. The van der Waals surface area contributed by atoms with Crippen LogP contribution in [0, 0.1) is 5.92 Å². The first kappa shape index (κ1) is 21.8. The summed E-state index contributed by atoms with van der Waals surface area (Å²) >= 11 is 0. The molecule has 0 amide bonds. The van der Waals surface area contributed by atoms with Crippen molar-refractivity contribution in [3.8, 4) is 0 Å². The minimum absolute atomic E-state index is 0.0164. The van der Waals surface area contributed by atoms with Crippen LogP contribution in [0.15, 0.2) is 0 Å². The first-order valence-electron chi connectivity index (χ1n) is 9.24. The fraction of sp³-hybridized carbons (Fsp3) is 1.00. The number of sulfonamides is 1. The van der Waals surface area contributed by atoms with Crippen molar-refractivity contribution in [2.24, 2.45) is 5.92 Å². The van der Waals surface area contributed by atoms with E-state index in [4.69, 9.17) is 4.74 Å². The molecule has 1 rings (SSSR count). The quantitative estimate of drug-likeness (QED) is 0.524. The average molecular weight is 364 g/mol. The summed E-state index contributed by atoms with van der Waals surface area (Å²) in [5.74, 6) is 0.182. The van der Waals surface area contributed by atoms with Crippen molar-refractivity contribution in [1.82, 2.24) is 14.1 Å². The molecule has 2 atom stereocenters. The lowest BCUT2D eigenvalue weighted by Crippen LogP contribution is -2.46. The summed E-state index contributed by atoms with van der Waals surface area (Å²) in [5.41, 5.74) is 0. The van der Waals surface area contributed by atoms with Crippen LogP contribution in [-0.2, 0) is 14.8 Å². The Kier molecular flexibility index (Phi) is 9.74. The Bertz CT molecular complexity index is 442. The van der Waals surface area contributed by atoms with Crippen molar-refractivity contribution < 1.29 is 13.2 Å². The molecular weight excluding hydrogens is 326 g/mol. The van der Waals surface area contributed by atoms with Gasteiger partial charge < -0.3 is 9.64 Å². The Morgan fingerprint density at radius 2 is 1.96 bits per heavy atom. The first-order chi connectivity index (χ1) is 11.3. The van der Waals surface area contributed by atoms with Crippen molar-refractivity contribution in [2.45, 2.75) is 39.7 Å². The zero-order valence-corrected chi connectivity index (χ0v) is 17.0. The molecule has 1 aliphatic rings. The predicted molar refractivity (Wildman–Crippen MR) is 99.8 cm³/mol. The molecule has 0 saturated carbocycles. The van der Waals surface area contributed by atoms with Gasteiger partial charge in [0, 0.05) is 32.3 Å². The lowest BCUT2D eigenvalue weighted by molar-refractivity contribution is 0.122. The molecule has 24 heavy (non-hydrogen) atoms. The van der Waals surface area contributed by atoms with Crippen molar-refractivity contribution in [3.63, 3.8) is 0 Å². The zero-order valence-electron chi connectivity index (χ0n) is 16.2. The molecule has 0 N–H and O–H groups in total. The Labute approximate surface area is 149 Å². The molecular formula is C17H37N3O3S. The van der Waals surface area contributed by atoms with Gasteiger partial charge in [0.15, 0.2) is 0 Å². The highest BCUT2D eigenvalue weighted by Gasteiger charge is 2.31. The van der Waals surface area contributed by atoms with Gasteiger partial charge in [0.05, 0.1) is 12.4 Å². The maximum atomic E-state index is 12.9. The summed E-state index contributed by atoms with van der Waals surface area (Å²) in [7, 11) is 0.698. The van der Waals surface area contributed by atoms with Gasteiger partial charge in [-0.3, -0.25) is 4.90 Å². The summed E-state index contributed by atoms with van der Waals surface area (Å²) in [6.07, 6.45) is 2.26. The summed E-state index contributed by atoms with van der Waals surface area (Å²) in [5, 5.41) is 0. The number of likely N-dealkylation sites (N-methyl/N-ethyl adjacent to an activating group) is 2. The lowest BCUT2D eigenvalue weighted by atomic mass is 10.2. The molecule has 0 aromatic heterocycles. The Hall–Kier alpha value is -0.210. The van der Waals surface area contributed by atoms with Gasteiger partial charge in [-0.2, -0.15) is 4.31 Å². The van der Waals surface area contributed by atoms with E-state index in [1.54, 1.807) is 4.31 Å². The monoisotopic (exact) mass is 363 g/mol. The van der Waals surface area contributed by atoms with Crippen molar-refractivity contribution in [1.29, 1.82) is 0 Å². The molecule has 0 bridgehead atoms. The summed E-state index contributed by atoms with van der Waals surface area (Å²) < 4.78 is 33.0. The van der Waals surface area contributed by atoms with Gasteiger partial charge in [0.2, 0.25) is 10.0 Å². The van der Waals surface area contributed by atoms with Crippen LogP contribution >= 0.6 is 0 Å². The van der Waals surface area contributed by atoms with Gasteiger partial charge in [-0.1, -0.05) is 13.8 Å². The number of hydrogen-bond donors (Lipinski definition) is 0. The zero-order chi connectivity index (χ0) is 18.2. The standard InChI is InChI=1S/C17H37N3O3S/c1-6-19-10-8-9-17(19)13-20(12-11-18(4)5)24(21,22)15-16(3)14-23-7-2/h16-17H,6-15H2,1-5H3/t16-,17-/m1/s1. The summed E-state index contributed by atoms with van der Waals surface area (Å²) in [6, 6.07) is 0.356. The number of ether oxygens (including phenoxy) is 1. The molecule has 1 saturated heterocycles. The predicted octanol–water partition coefficient (Wildman–Crippen LogP) is 1.34. The molecule has 144 valence electrons. The molecule has 1 aliphatic heterocycles. The van der Waals surface area contributed by atoms with Crippen LogP contribution < -0.4 is 0 Å². The van der Waals surface area contributed by atoms with E-state index in [9.17, 15) is 8.42 Å². The van der Waals surface area contributed by atoms with E-state index in [0.717, 1.165) is 26.1 Å². The van der Waals surface area contributed by atoms with E-state index in [2.05, 4.69) is 11.8 Å². The van der Waals surface area contributed by atoms with E-state index in [-0.39, 0.29) is 11.7 Å². The molecule has 0 unspecified atom stereocenters. The van der Waals surface area contributed by atoms with Crippen LogP contribution in [0.4, 0.5) is 0 Å². The van der Waals surface area contributed by atoms with Crippen LogP contribution in [-0.4, -0.2) is 94.4 Å². The van der Waals surface area contributed by atoms with Crippen molar-refractivity contribution in [2.75, 3.05) is 65.8 Å². The molecule has 0 aromatic carbocycles. The normalized spacial score (nSPS) is 21.0. The third kappa shape index (κ3) is 7.35. The number of rotatable bonds is 12. The molecule has 1 fully saturated rings. The van der Waals surface area contributed by atoms with Gasteiger partial charge >= 0.3 is 0 Å². The van der Waals surface area contributed by atoms with Crippen molar-refractivity contribution >= 4 is 10.0 Å². The third-order valence-corrected chi connectivity index (χ3v) is 6.72. The largest absolute Gasteiger partial charge is 0.381 e. The highest BCUT2D eigenvalue weighted by molar-refractivity contribution is 7.89. The van der Waals surface area contributed by atoms with Crippen LogP contribution in [0.3, 0.4) is 0 Å². The smallest absolute Gasteiger partial charge is 0.214 e. The fourth-order valence-electron chi connectivity index (χ4n) is 3.24. The van der Waals surface area contributed by atoms with Crippen LogP contribution in [0.5, 0.6) is 0 Å². The van der Waals surface area contributed by atoms with Crippen LogP contribution in [0.2, 0.25) is 0 Å². The number of hydrogen-bond acceptors (Lipinski definition) is 5. The Morgan fingerprint density at radius 1 is 1.25 bits per heavy atom. The second-order valence-electron chi connectivity index (χ2n) is 7.13. The van der Waals surface area contributed by atoms with E-state index >= 15 is 0 Å². The molecule has 6 nitrogen and oxygen atoms in total. The number of nitrogens with zero attached hydrogens (tertiary/aromatic N) is 3. The highest BCUT2D eigenvalue weighted by atomic mass is 32.2. The topological polar surface area (TPSA) is 53.1 Å².